The van der Waals surface area contributed by atoms with Gasteiger partial charge in [-0.25, -0.2) is 29.9 Å². The van der Waals surface area contributed by atoms with Crippen molar-refractivity contribution in [3.63, 3.8) is 0 Å². The fraction of sp³-hybridized carbons (Fsp3) is 0.167. The minimum Gasteiger partial charge on any atom is -0.208 e. The van der Waals surface area contributed by atoms with E-state index in [1.165, 1.54) is 9.75 Å². The first kappa shape index (κ1) is 35.7. The van der Waals surface area contributed by atoms with Gasteiger partial charge in [-0.2, -0.15) is 0 Å². The summed E-state index contributed by atoms with van der Waals surface area (Å²) in [6.45, 7) is 13.6. The lowest BCUT2D eigenvalue weighted by Gasteiger charge is -2.15. The van der Waals surface area contributed by atoms with Crippen LogP contribution in [0.4, 0.5) is 0 Å². The van der Waals surface area contributed by atoms with E-state index in [0.29, 0.717) is 34.9 Å². The zero-order chi connectivity index (χ0) is 38.6. The Morgan fingerprint density at radius 3 is 0.839 bits per heavy atom. The molecule has 0 fully saturated rings. The van der Waals surface area contributed by atoms with E-state index in [9.17, 15) is 0 Å². The normalized spacial score (nSPS) is 12.1. The molecule has 5 aromatic carbocycles. The summed E-state index contributed by atoms with van der Waals surface area (Å²) in [5, 5.41) is 2.16. The predicted molar refractivity (Wildman–Crippen MR) is 234 cm³/mol. The number of fused-ring (bicyclic) bond motifs is 2. The first-order chi connectivity index (χ1) is 27.0. The molecule has 56 heavy (non-hydrogen) atoms. The molecule has 0 radical (unpaired) electrons. The van der Waals surface area contributed by atoms with Crippen molar-refractivity contribution < 1.29 is 0 Å². The molecule has 0 saturated carbocycles. The molecule has 0 spiro atoms. The van der Waals surface area contributed by atoms with Gasteiger partial charge in [0.05, 0.1) is 0 Å². The molecule has 0 atom stereocenters. The van der Waals surface area contributed by atoms with E-state index in [0.717, 1.165) is 53.6 Å². The molecule has 274 valence electrons. The quantitative estimate of drug-likeness (QED) is 0.168. The molecule has 9 rings (SSSR count). The van der Waals surface area contributed by atoms with E-state index in [2.05, 4.69) is 102 Å². The average Bonchev–Trinajstić information content (AvgIpc) is 3.87. The molecule has 0 unspecified atom stereocenters. The second-order valence-corrected chi connectivity index (χ2v) is 18.1. The Kier molecular flexibility index (Phi) is 8.91. The third-order valence-corrected chi connectivity index (χ3v) is 12.9. The number of hydrogen-bond acceptors (Lipinski definition) is 8. The summed E-state index contributed by atoms with van der Waals surface area (Å²) in [7, 11) is 0. The van der Waals surface area contributed by atoms with Crippen molar-refractivity contribution in [2.75, 3.05) is 0 Å². The monoisotopic (exact) mass is 764 g/mol. The van der Waals surface area contributed by atoms with Crippen LogP contribution in [0.15, 0.2) is 133 Å². The van der Waals surface area contributed by atoms with Gasteiger partial charge in [0.2, 0.25) is 0 Å². The number of benzene rings is 5. The molecule has 0 amide bonds. The van der Waals surface area contributed by atoms with E-state index in [1.54, 1.807) is 22.7 Å². The van der Waals surface area contributed by atoms with Gasteiger partial charge in [-0.1, -0.05) is 163 Å². The van der Waals surface area contributed by atoms with Crippen molar-refractivity contribution in [2.45, 2.75) is 52.4 Å². The minimum atomic E-state index is -0.116. The second kappa shape index (κ2) is 14.0. The number of rotatable bonds is 6. The van der Waals surface area contributed by atoms with Crippen molar-refractivity contribution in [3.05, 3.63) is 143 Å². The molecule has 0 aliphatic carbocycles. The summed E-state index contributed by atoms with van der Waals surface area (Å²) in [4.78, 5) is 33.8. The highest BCUT2D eigenvalue weighted by Gasteiger charge is 2.30. The Morgan fingerprint density at radius 1 is 0.339 bits per heavy atom. The van der Waals surface area contributed by atoms with E-state index in [4.69, 9.17) is 29.9 Å². The number of hydrogen-bond donors (Lipinski definition) is 0. The Hall–Kier alpha value is -5.96. The summed E-state index contributed by atoms with van der Waals surface area (Å²) in [6.07, 6.45) is 0. The predicted octanol–water partition coefficient (Wildman–Crippen LogP) is 13.1. The van der Waals surface area contributed by atoms with Crippen molar-refractivity contribution in [1.82, 2.24) is 29.9 Å². The zero-order valence-corrected chi connectivity index (χ0v) is 33.8. The standard InChI is InChI=1S/C48H40N6S2/c1-47(2,3)35-27-33-37(45-51-41(29-19-11-7-12-20-29)49-42(52-45)30-21-13-8-14-22-30)40-34(28-36(56-40)48(4,5)6)38(39(33)55-35)46-53-43(31-23-15-9-16-24-31)50-44(54-46)32-25-17-10-18-26-32/h7-28H,1-6H3. The lowest BCUT2D eigenvalue weighted by atomic mass is 9.92. The summed E-state index contributed by atoms with van der Waals surface area (Å²) in [5.41, 5.74) is 5.52. The van der Waals surface area contributed by atoms with E-state index in [-0.39, 0.29) is 10.8 Å². The van der Waals surface area contributed by atoms with Gasteiger partial charge < -0.3 is 0 Å². The first-order valence-electron chi connectivity index (χ1n) is 18.8. The molecule has 4 heterocycles. The molecule has 0 aliphatic heterocycles. The molecule has 4 aromatic heterocycles. The summed E-state index contributed by atoms with van der Waals surface area (Å²) < 4.78 is 2.20. The van der Waals surface area contributed by atoms with Crippen LogP contribution in [-0.4, -0.2) is 29.9 Å². The van der Waals surface area contributed by atoms with Crippen LogP contribution in [0.25, 0.3) is 88.5 Å². The highest BCUT2D eigenvalue weighted by Crippen LogP contribution is 2.51. The van der Waals surface area contributed by atoms with E-state index >= 15 is 0 Å². The molecule has 6 nitrogen and oxygen atoms in total. The lowest BCUT2D eigenvalue weighted by molar-refractivity contribution is 0.604. The van der Waals surface area contributed by atoms with Crippen molar-refractivity contribution in [3.8, 4) is 68.3 Å². The van der Waals surface area contributed by atoms with Gasteiger partial charge in [0, 0.05) is 63.3 Å². The third-order valence-electron chi connectivity index (χ3n) is 9.78. The van der Waals surface area contributed by atoms with Crippen LogP contribution < -0.4 is 0 Å². The average molecular weight is 765 g/mol. The van der Waals surface area contributed by atoms with E-state index in [1.807, 2.05) is 72.8 Å². The van der Waals surface area contributed by atoms with Crippen LogP contribution in [0.5, 0.6) is 0 Å². The highest BCUT2D eigenvalue weighted by molar-refractivity contribution is 7.22. The van der Waals surface area contributed by atoms with Crippen molar-refractivity contribution >= 4 is 42.8 Å². The summed E-state index contributed by atoms with van der Waals surface area (Å²) in [5.74, 6) is 3.83. The summed E-state index contributed by atoms with van der Waals surface area (Å²) >= 11 is 3.61. The molecular weight excluding hydrogens is 725 g/mol. The van der Waals surface area contributed by atoms with Crippen LogP contribution in [0.2, 0.25) is 0 Å². The molecular formula is C48H40N6S2. The molecule has 8 heteroatoms. The number of aromatic nitrogens is 6. The maximum Gasteiger partial charge on any atom is 0.166 e. The van der Waals surface area contributed by atoms with E-state index < -0.39 is 0 Å². The number of nitrogens with zero attached hydrogens (tertiary/aromatic N) is 6. The van der Waals surface area contributed by atoms with Gasteiger partial charge >= 0.3 is 0 Å². The van der Waals surface area contributed by atoms with Crippen LogP contribution in [0, 0.1) is 0 Å². The Morgan fingerprint density at radius 2 is 0.589 bits per heavy atom. The molecule has 9 aromatic rings. The fourth-order valence-electron chi connectivity index (χ4n) is 6.79. The van der Waals surface area contributed by atoms with Crippen LogP contribution >= 0.6 is 22.7 Å². The minimum absolute atomic E-state index is 0.116. The lowest BCUT2D eigenvalue weighted by Crippen LogP contribution is -2.07. The smallest absolute Gasteiger partial charge is 0.166 e. The Bertz CT molecular complexity index is 2490. The van der Waals surface area contributed by atoms with Gasteiger partial charge in [-0.3, -0.25) is 0 Å². The molecule has 0 saturated heterocycles. The maximum atomic E-state index is 5.30. The topological polar surface area (TPSA) is 77.3 Å². The van der Waals surface area contributed by atoms with Crippen LogP contribution in [0.1, 0.15) is 51.3 Å². The Balaban J connectivity index is 1.42. The largest absolute Gasteiger partial charge is 0.208 e. The van der Waals surface area contributed by atoms with Gasteiger partial charge in [0.1, 0.15) is 0 Å². The fourth-order valence-corrected chi connectivity index (χ4v) is 9.35. The highest BCUT2D eigenvalue weighted by atomic mass is 32.1. The molecule has 0 bridgehead atoms. The van der Waals surface area contributed by atoms with Crippen LogP contribution in [0.3, 0.4) is 0 Å². The zero-order valence-electron chi connectivity index (χ0n) is 32.2. The van der Waals surface area contributed by atoms with Gasteiger partial charge in [-0.05, 0) is 23.0 Å². The number of thiophene rings is 2. The Labute approximate surface area is 335 Å². The third kappa shape index (κ3) is 6.69. The maximum absolute atomic E-state index is 5.30. The second-order valence-electron chi connectivity index (χ2n) is 16.0. The summed E-state index contributed by atoms with van der Waals surface area (Å²) in [6, 6.07) is 45.4. The van der Waals surface area contributed by atoms with Gasteiger partial charge in [-0.15, -0.1) is 22.7 Å². The van der Waals surface area contributed by atoms with Gasteiger partial charge in [0.15, 0.2) is 34.9 Å². The SMILES string of the molecule is CC(C)(C)c1cc2c(-c3nc(-c4ccccc4)nc(-c4ccccc4)n3)c3sc(C(C)(C)C)cc3c(-c3nc(-c4ccccc4)nc(-c4ccccc4)n3)c2s1. The van der Waals surface area contributed by atoms with Gasteiger partial charge in [0.25, 0.3) is 0 Å². The molecule has 0 aliphatic rings. The molecule has 0 N–H and O–H groups in total. The van der Waals surface area contributed by atoms with Crippen molar-refractivity contribution in [2.24, 2.45) is 0 Å². The van der Waals surface area contributed by atoms with Crippen molar-refractivity contribution in [1.29, 1.82) is 0 Å². The first-order valence-corrected chi connectivity index (χ1v) is 20.4. The van der Waals surface area contributed by atoms with Crippen LogP contribution in [-0.2, 0) is 10.8 Å².